The van der Waals surface area contributed by atoms with Crippen molar-refractivity contribution >= 4 is 23.4 Å². The molecule has 31 heavy (non-hydrogen) atoms. The molecule has 0 atom stereocenters. The molecular weight excluding hydrogens is 412 g/mol. The van der Waals surface area contributed by atoms with Gasteiger partial charge in [0.2, 0.25) is 5.91 Å². The molecule has 0 saturated heterocycles. The standard InChI is InChI=1S/C23H28N4O3S/c1-6-29-19-12-15(2)10-11-18(19)30-13-20-25-26-23(27(20)5)31-14-21(28)24-22-16(3)8-7-9-17(22)4/h7-12H,6,13-14H2,1-5H3,(H,24,28). The largest absolute Gasteiger partial charge is 0.490 e. The average molecular weight is 441 g/mol. The van der Waals surface area contributed by atoms with Crippen LogP contribution in [0.25, 0.3) is 0 Å². The number of nitrogens with one attached hydrogen (secondary N) is 1. The Balaban J connectivity index is 1.59. The van der Waals surface area contributed by atoms with Crippen molar-refractivity contribution in [1.82, 2.24) is 14.8 Å². The number of thioether (sulfide) groups is 1. The summed E-state index contributed by atoms with van der Waals surface area (Å²) in [4.78, 5) is 12.4. The van der Waals surface area contributed by atoms with E-state index in [1.54, 1.807) is 0 Å². The molecule has 0 spiro atoms. The Morgan fingerprint density at radius 3 is 2.52 bits per heavy atom. The fraction of sp³-hybridized carbons (Fsp3) is 0.348. The molecule has 0 aliphatic rings. The summed E-state index contributed by atoms with van der Waals surface area (Å²) in [5, 5.41) is 12.1. The van der Waals surface area contributed by atoms with Crippen LogP contribution >= 0.6 is 11.8 Å². The summed E-state index contributed by atoms with van der Waals surface area (Å²) in [6.45, 7) is 8.73. The smallest absolute Gasteiger partial charge is 0.234 e. The van der Waals surface area contributed by atoms with E-state index in [0.717, 1.165) is 22.4 Å². The number of amides is 1. The molecule has 1 aromatic heterocycles. The second-order valence-corrected chi connectivity index (χ2v) is 8.18. The highest BCUT2D eigenvalue weighted by atomic mass is 32.2. The summed E-state index contributed by atoms with van der Waals surface area (Å²) in [6.07, 6.45) is 0. The number of carbonyl (C=O) groups excluding carboxylic acids is 1. The second-order valence-electron chi connectivity index (χ2n) is 7.23. The number of ether oxygens (including phenoxy) is 2. The molecule has 0 radical (unpaired) electrons. The van der Waals surface area contributed by atoms with Crippen molar-refractivity contribution in [3.63, 3.8) is 0 Å². The van der Waals surface area contributed by atoms with E-state index < -0.39 is 0 Å². The Labute approximate surface area is 187 Å². The van der Waals surface area contributed by atoms with Crippen LogP contribution in [0, 0.1) is 20.8 Å². The highest BCUT2D eigenvalue weighted by molar-refractivity contribution is 7.99. The number of hydrogen-bond acceptors (Lipinski definition) is 6. The van der Waals surface area contributed by atoms with Crippen LogP contribution in [0.15, 0.2) is 41.6 Å². The number of para-hydroxylation sites is 1. The van der Waals surface area contributed by atoms with Gasteiger partial charge in [-0.3, -0.25) is 4.79 Å². The van der Waals surface area contributed by atoms with Crippen LogP contribution in [-0.4, -0.2) is 33.0 Å². The molecule has 3 rings (SSSR count). The topological polar surface area (TPSA) is 78.3 Å². The van der Waals surface area contributed by atoms with Crippen LogP contribution < -0.4 is 14.8 Å². The van der Waals surface area contributed by atoms with E-state index in [-0.39, 0.29) is 18.3 Å². The van der Waals surface area contributed by atoms with Crippen LogP contribution in [0.3, 0.4) is 0 Å². The monoisotopic (exact) mass is 440 g/mol. The maximum atomic E-state index is 12.4. The van der Waals surface area contributed by atoms with Gasteiger partial charge in [0, 0.05) is 12.7 Å². The van der Waals surface area contributed by atoms with Gasteiger partial charge in [-0.25, -0.2) is 0 Å². The Kier molecular flexibility index (Phi) is 7.57. The summed E-state index contributed by atoms with van der Waals surface area (Å²) in [6, 6.07) is 11.8. The van der Waals surface area contributed by atoms with Crippen LogP contribution in [0.4, 0.5) is 5.69 Å². The van der Waals surface area contributed by atoms with Crippen LogP contribution in [-0.2, 0) is 18.4 Å². The number of carbonyl (C=O) groups is 1. The number of aryl methyl sites for hydroxylation is 3. The molecule has 1 heterocycles. The predicted octanol–water partition coefficient (Wildman–Crippen LogP) is 4.45. The Hall–Kier alpha value is -3.00. The van der Waals surface area contributed by atoms with Crippen LogP contribution in [0.1, 0.15) is 29.4 Å². The molecule has 0 unspecified atom stereocenters. The van der Waals surface area contributed by atoms with Crippen molar-refractivity contribution in [3.8, 4) is 11.5 Å². The third kappa shape index (κ3) is 5.79. The molecule has 0 bridgehead atoms. The molecule has 2 aromatic carbocycles. The lowest BCUT2D eigenvalue weighted by molar-refractivity contribution is -0.113. The molecule has 0 fully saturated rings. The van der Waals surface area contributed by atoms with Gasteiger partial charge in [0.25, 0.3) is 0 Å². The lowest BCUT2D eigenvalue weighted by Gasteiger charge is -2.12. The highest BCUT2D eigenvalue weighted by Gasteiger charge is 2.14. The van der Waals surface area contributed by atoms with Crippen LogP contribution in [0.5, 0.6) is 11.5 Å². The first-order valence-corrected chi connectivity index (χ1v) is 11.1. The minimum Gasteiger partial charge on any atom is -0.490 e. The summed E-state index contributed by atoms with van der Waals surface area (Å²) in [7, 11) is 1.86. The minimum atomic E-state index is -0.0794. The SMILES string of the molecule is CCOc1cc(C)ccc1OCc1nnc(SCC(=O)Nc2c(C)cccc2C)n1C. The zero-order valence-corrected chi connectivity index (χ0v) is 19.4. The minimum absolute atomic E-state index is 0.0794. The molecule has 7 nitrogen and oxygen atoms in total. The van der Waals surface area contributed by atoms with Crippen molar-refractivity contribution in [3.05, 3.63) is 58.9 Å². The van der Waals surface area contributed by atoms with E-state index >= 15 is 0 Å². The van der Waals surface area contributed by atoms with E-state index in [1.165, 1.54) is 11.8 Å². The molecule has 0 saturated carbocycles. The number of nitrogens with zero attached hydrogens (tertiary/aromatic N) is 3. The third-order valence-electron chi connectivity index (χ3n) is 4.76. The number of hydrogen-bond donors (Lipinski definition) is 1. The van der Waals surface area contributed by atoms with Gasteiger partial charge in [0.1, 0.15) is 6.61 Å². The first-order valence-electron chi connectivity index (χ1n) is 10.1. The van der Waals surface area contributed by atoms with Gasteiger partial charge in [0.15, 0.2) is 22.5 Å². The molecule has 164 valence electrons. The fourth-order valence-electron chi connectivity index (χ4n) is 3.06. The van der Waals surface area contributed by atoms with Gasteiger partial charge in [0.05, 0.1) is 12.4 Å². The zero-order valence-electron chi connectivity index (χ0n) is 18.6. The van der Waals surface area contributed by atoms with Crippen LogP contribution in [0.2, 0.25) is 0 Å². The quantitative estimate of drug-likeness (QED) is 0.495. The maximum absolute atomic E-state index is 12.4. The van der Waals surface area contributed by atoms with Gasteiger partial charge in [-0.15, -0.1) is 10.2 Å². The van der Waals surface area contributed by atoms with Gasteiger partial charge in [-0.2, -0.15) is 0 Å². The first kappa shape index (κ1) is 22.7. The van der Waals surface area contributed by atoms with Crippen molar-refractivity contribution < 1.29 is 14.3 Å². The van der Waals surface area contributed by atoms with E-state index in [4.69, 9.17) is 9.47 Å². The van der Waals surface area contributed by atoms with Gasteiger partial charge >= 0.3 is 0 Å². The lowest BCUT2D eigenvalue weighted by atomic mass is 10.1. The molecule has 1 amide bonds. The average Bonchev–Trinajstić information content (AvgIpc) is 3.08. The zero-order chi connectivity index (χ0) is 22.4. The van der Waals surface area contributed by atoms with E-state index in [0.29, 0.717) is 29.1 Å². The summed E-state index contributed by atoms with van der Waals surface area (Å²) in [5.74, 6) is 2.21. The molecule has 0 aliphatic heterocycles. The number of benzene rings is 2. The van der Waals surface area contributed by atoms with E-state index in [2.05, 4.69) is 15.5 Å². The Morgan fingerprint density at radius 1 is 1.06 bits per heavy atom. The van der Waals surface area contributed by atoms with Crippen molar-refractivity contribution in [2.75, 3.05) is 17.7 Å². The van der Waals surface area contributed by atoms with Crippen molar-refractivity contribution in [1.29, 1.82) is 0 Å². The van der Waals surface area contributed by atoms with Crippen molar-refractivity contribution in [2.45, 2.75) is 39.5 Å². The Bertz CT molecular complexity index is 1040. The lowest BCUT2D eigenvalue weighted by Crippen LogP contribution is -2.16. The Morgan fingerprint density at radius 2 is 1.81 bits per heavy atom. The van der Waals surface area contributed by atoms with E-state index in [1.807, 2.05) is 75.7 Å². The van der Waals surface area contributed by atoms with Gasteiger partial charge < -0.3 is 19.4 Å². The number of anilines is 1. The molecule has 1 N–H and O–H groups in total. The third-order valence-corrected chi connectivity index (χ3v) is 5.78. The molecule has 8 heteroatoms. The second kappa shape index (κ2) is 10.3. The first-order chi connectivity index (χ1) is 14.9. The summed E-state index contributed by atoms with van der Waals surface area (Å²) in [5.41, 5.74) is 4.05. The molecular formula is C23H28N4O3S. The van der Waals surface area contributed by atoms with E-state index in [9.17, 15) is 4.79 Å². The van der Waals surface area contributed by atoms with Gasteiger partial charge in [-0.05, 0) is 56.5 Å². The normalized spacial score (nSPS) is 10.7. The maximum Gasteiger partial charge on any atom is 0.234 e. The molecule has 3 aromatic rings. The number of aromatic nitrogens is 3. The summed E-state index contributed by atoms with van der Waals surface area (Å²) < 4.78 is 13.4. The predicted molar refractivity (Wildman–Crippen MR) is 123 cm³/mol. The van der Waals surface area contributed by atoms with Crippen molar-refractivity contribution in [2.24, 2.45) is 7.05 Å². The fourth-order valence-corrected chi connectivity index (χ4v) is 3.79. The highest BCUT2D eigenvalue weighted by Crippen LogP contribution is 2.29. The molecule has 0 aliphatic carbocycles. The van der Waals surface area contributed by atoms with Gasteiger partial charge in [-0.1, -0.05) is 36.0 Å². The summed E-state index contributed by atoms with van der Waals surface area (Å²) >= 11 is 1.34. The number of rotatable bonds is 9.